The molecule has 11 heteroatoms. The van der Waals surface area contributed by atoms with Gasteiger partial charge in [0.15, 0.2) is 11.5 Å². The number of hydrogen-bond acceptors (Lipinski definition) is 8. The summed E-state index contributed by atoms with van der Waals surface area (Å²) in [5.74, 6) is 6.92. The van der Waals surface area contributed by atoms with Gasteiger partial charge in [0.2, 0.25) is 5.88 Å². The predicted octanol–water partition coefficient (Wildman–Crippen LogP) is 3.16. The molecule has 42 heavy (non-hydrogen) atoms. The van der Waals surface area contributed by atoms with Gasteiger partial charge in [-0.2, -0.15) is 0 Å². The van der Waals surface area contributed by atoms with Crippen LogP contribution in [-0.2, 0) is 6.42 Å². The van der Waals surface area contributed by atoms with Crippen LogP contribution >= 0.6 is 0 Å². The van der Waals surface area contributed by atoms with Gasteiger partial charge >= 0.3 is 0 Å². The van der Waals surface area contributed by atoms with Crippen LogP contribution in [0.4, 0.5) is 5.82 Å². The molecule has 208 valence electrons. The summed E-state index contributed by atoms with van der Waals surface area (Å²) in [6.07, 6.45) is 5.48. The molecule has 0 aliphatic rings. The number of primary amides is 1. The Hall–Kier alpha value is -6.02. The third kappa shape index (κ3) is 5.50. The van der Waals surface area contributed by atoms with Crippen LogP contribution in [0.15, 0.2) is 90.1 Å². The van der Waals surface area contributed by atoms with Gasteiger partial charge in [0.05, 0.1) is 23.7 Å². The van der Waals surface area contributed by atoms with Crippen LogP contribution < -0.4 is 21.8 Å². The summed E-state index contributed by atoms with van der Waals surface area (Å²) in [5.41, 5.74) is 13.9. The van der Waals surface area contributed by atoms with Gasteiger partial charge in [-0.3, -0.25) is 14.2 Å². The van der Waals surface area contributed by atoms with E-state index in [1.807, 2.05) is 55.5 Å². The molecule has 0 unspecified atom stereocenters. The number of para-hydroxylation sites is 1. The average Bonchev–Trinajstić information content (AvgIpc) is 3.36. The predicted molar refractivity (Wildman–Crippen MR) is 159 cm³/mol. The molecular weight excluding hydrogens is 532 g/mol. The molecule has 11 nitrogen and oxygen atoms in total. The topological polar surface area (TPSA) is 156 Å². The fourth-order valence-electron chi connectivity index (χ4n) is 4.34. The van der Waals surface area contributed by atoms with E-state index in [1.54, 1.807) is 48.5 Å². The number of ether oxygens (including phenoxy) is 1. The maximum atomic E-state index is 13.5. The van der Waals surface area contributed by atoms with Crippen LogP contribution in [0.5, 0.6) is 5.88 Å². The van der Waals surface area contributed by atoms with E-state index in [9.17, 15) is 9.59 Å². The Kier molecular flexibility index (Phi) is 7.88. The van der Waals surface area contributed by atoms with Gasteiger partial charge in [-0.25, -0.2) is 19.5 Å². The minimum Gasteiger partial charge on any atom is -0.481 e. The first kappa shape index (κ1) is 27.5. The summed E-state index contributed by atoms with van der Waals surface area (Å²) in [4.78, 5) is 37.2. The Morgan fingerprint density at radius 1 is 1.00 bits per heavy atom. The van der Waals surface area contributed by atoms with Crippen molar-refractivity contribution in [2.24, 2.45) is 5.73 Å². The maximum absolute atomic E-state index is 13.5. The molecule has 1 amide bonds. The normalized spacial score (nSPS) is 10.4. The Morgan fingerprint density at radius 3 is 2.55 bits per heavy atom. The molecule has 4 N–H and O–H groups in total. The number of amides is 1. The van der Waals surface area contributed by atoms with Crippen molar-refractivity contribution in [3.63, 3.8) is 0 Å². The highest BCUT2D eigenvalue weighted by molar-refractivity contribution is 6.03. The highest BCUT2D eigenvalue weighted by Gasteiger charge is 2.16. The van der Waals surface area contributed by atoms with Gasteiger partial charge in [-0.05, 0) is 36.4 Å². The lowest BCUT2D eigenvalue weighted by molar-refractivity contribution is 0.100. The van der Waals surface area contributed by atoms with Crippen molar-refractivity contribution in [2.75, 3.05) is 12.8 Å². The lowest BCUT2D eigenvalue weighted by Crippen LogP contribution is -2.24. The molecule has 0 radical (unpaired) electrons. The van der Waals surface area contributed by atoms with Crippen molar-refractivity contribution in [2.45, 2.75) is 13.3 Å². The highest BCUT2D eigenvalue weighted by atomic mass is 16.5. The standard InChI is InChI=1S/C24H19N3O2.C7H7N5O/c1-3-21-26-20-11-7-8-18(13-12-17-14-15-25-22(16-17)29-2)23(20)24(28)27(21)19-9-5-4-6-10-19;8-5-4(6(9)13)7-10-2-1-3-12(7)11-5/h4-11,14-16H,3H2,1-2H3;1-3H,(H2,8,11)(H2,9,13). The summed E-state index contributed by atoms with van der Waals surface area (Å²) in [5, 5.41) is 4.38. The lowest BCUT2D eigenvalue weighted by Gasteiger charge is -2.13. The molecule has 4 heterocycles. The van der Waals surface area contributed by atoms with Crippen LogP contribution in [0, 0.1) is 11.8 Å². The summed E-state index contributed by atoms with van der Waals surface area (Å²) < 4.78 is 8.23. The highest BCUT2D eigenvalue weighted by Crippen LogP contribution is 2.17. The monoisotopic (exact) mass is 558 g/mol. The third-order valence-electron chi connectivity index (χ3n) is 6.25. The second-order valence-corrected chi connectivity index (χ2v) is 8.91. The molecule has 0 spiro atoms. The van der Waals surface area contributed by atoms with Crippen molar-refractivity contribution in [1.82, 2.24) is 29.1 Å². The minimum atomic E-state index is -0.619. The molecule has 2 aromatic carbocycles. The van der Waals surface area contributed by atoms with Crippen LogP contribution in [-0.4, -0.2) is 42.2 Å². The fourth-order valence-corrected chi connectivity index (χ4v) is 4.34. The quantitative estimate of drug-likeness (QED) is 0.313. The summed E-state index contributed by atoms with van der Waals surface area (Å²) in [7, 11) is 1.56. The third-order valence-corrected chi connectivity index (χ3v) is 6.25. The fraction of sp³-hybridized carbons (Fsp3) is 0.0968. The number of rotatable bonds is 4. The van der Waals surface area contributed by atoms with Crippen LogP contribution in [0.3, 0.4) is 0 Å². The van der Waals surface area contributed by atoms with E-state index in [1.165, 1.54) is 4.52 Å². The number of nitrogens with two attached hydrogens (primary N) is 2. The number of carbonyl (C=O) groups is 1. The zero-order valence-electron chi connectivity index (χ0n) is 22.9. The number of anilines is 1. The van der Waals surface area contributed by atoms with Gasteiger partial charge in [0.25, 0.3) is 11.5 Å². The Morgan fingerprint density at radius 2 is 1.81 bits per heavy atom. The van der Waals surface area contributed by atoms with Crippen molar-refractivity contribution in [3.05, 3.63) is 118 Å². The van der Waals surface area contributed by atoms with Crippen LogP contribution in [0.1, 0.15) is 34.2 Å². The van der Waals surface area contributed by atoms with E-state index in [0.29, 0.717) is 34.4 Å². The first-order valence-corrected chi connectivity index (χ1v) is 12.9. The number of pyridine rings is 1. The van der Waals surface area contributed by atoms with Gasteiger partial charge in [-0.15, -0.1) is 5.10 Å². The van der Waals surface area contributed by atoms with Crippen molar-refractivity contribution in [3.8, 4) is 23.4 Å². The number of nitrogen functional groups attached to an aromatic ring is 1. The van der Waals surface area contributed by atoms with Gasteiger partial charge in [-0.1, -0.05) is 43.0 Å². The molecule has 0 saturated heterocycles. The van der Waals surface area contributed by atoms with Crippen LogP contribution in [0.25, 0.3) is 22.2 Å². The zero-order chi connectivity index (χ0) is 29.6. The summed E-state index contributed by atoms with van der Waals surface area (Å²) in [6.45, 7) is 1.99. The number of aryl methyl sites for hydroxylation is 1. The van der Waals surface area contributed by atoms with Crippen molar-refractivity contribution in [1.29, 1.82) is 0 Å². The van der Waals surface area contributed by atoms with Gasteiger partial charge in [0.1, 0.15) is 11.4 Å². The number of carbonyl (C=O) groups excluding carboxylic acids is 1. The summed E-state index contributed by atoms with van der Waals surface area (Å²) >= 11 is 0. The van der Waals surface area contributed by atoms with Crippen molar-refractivity contribution >= 4 is 28.3 Å². The molecule has 0 aliphatic carbocycles. The number of aromatic nitrogens is 6. The number of fused-ring (bicyclic) bond motifs is 2. The van der Waals surface area contributed by atoms with E-state index in [-0.39, 0.29) is 16.9 Å². The zero-order valence-corrected chi connectivity index (χ0v) is 22.9. The molecule has 4 aromatic heterocycles. The van der Waals surface area contributed by atoms with E-state index in [0.717, 1.165) is 17.1 Å². The van der Waals surface area contributed by atoms with E-state index < -0.39 is 5.91 Å². The van der Waals surface area contributed by atoms with Gasteiger partial charge < -0.3 is 16.2 Å². The molecule has 0 aliphatic heterocycles. The molecule has 0 fully saturated rings. The average molecular weight is 559 g/mol. The van der Waals surface area contributed by atoms with Crippen molar-refractivity contribution < 1.29 is 9.53 Å². The molecule has 0 bridgehead atoms. The first-order valence-electron chi connectivity index (χ1n) is 12.9. The van der Waals surface area contributed by atoms with E-state index in [4.69, 9.17) is 21.2 Å². The number of hydrogen-bond donors (Lipinski definition) is 2. The second-order valence-electron chi connectivity index (χ2n) is 8.91. The SMILES string of the molecule is CCc1nc2cccc(C#Cc3ccnc(OC)c3)c2c(=O)n1-c1ccccc1.NC(=O)c1c(N)nn2cccnc12. The van der Waals surface area contributed by atoms with Gasteiger partial charge in [0, 0.05) is 42.2 Å². The second kappa shape index (κ2) is 12.0. The Bertz CT molecular complexity index is 2040. The number of nitrogens with zero attached hydrogens (tertiary/aromatic N) is 6. The largest absolute Gasteiger partial charge is 0.481 e. The Balaban J connectivity index is 0.000000226. The molecule has 0 saturated carbocycles. The maximum Gasteiger partial charge on any atom is 0.267 e. The number of benzene rings is 2. The molecule has 6 rings (SSSR count). The number of methoxy groups -OCH3 is 1. The molecular formula is C31H26N8O3. The summed E-state index contributed by atoms with van der Waals surface area (Å²) in [6, 6.07) is 20.4. The minimum absolute atomic E-state index is 0.103. The van der Waals surface area contributed by atoms with E-state index in [2.05, 4.69) is 26.9 Å². The van der Waals surface area contributed by atoms with E-state index >= 15 is 0 Å². The van der Waals surface area contributed by atoms with Crippen LogP contribution in [0.2, 0.25) is 0 Å². The molecule has 6 aromatic rings. The smallest absolute Gasteiger partial charge is 0.267 e. The Labute approximate surface area is 240 Å². The lowest BCUT2D eigenvalue weighted by atomic mass is 10.1. The first-order chi connectivity index (χ1) is 20.4. The molecule has 0 atom stereocenters.